The summed E-state index contributed by atoms with van der Waals surface area (Å²) >= 11 is 1.22. The minimum Gasteiger partial charge on any atom is -0.508 e. The van der Waals surface area contributed by atoms with Crippen LogP contribution in [0.5, 0.6) is 5.75 Å². The number of thiazole rings is 1. The summed E-state index contributed by atoms with van der Waals surface area (Å²) in [4.78, 5) is 17.2. The van der Waals surface area contributed by atoms with Gasteiger partial charge in [0.05, 0.1) is 21.2 Å². The monoisotopic (exact) mass is 432 g/mol. The third-order valence-electron chi connectivity index (χ3n) is 4.80. The van der Waals surface area contributed by atoms with E-state index in [0.717, 1.165) is 17.4 Å². The van der Waals surface area contributed by atoms with Gasteiger partial charge in [-0.1, -0.05) is 29.0 Å². The second kappa shape index (κ2) is 7.38. The number of rotatable bonds is 4. The van der Waals surface area contributed by atoms with Crippen LogP contribution in [0.4, 0.5) is 5.13 Å². The molecule has 0 bridgehead atoms. The van der Waals surface area contributed by atoms with Crippen LogP contribution in [-0.4, -0.2) is 36.7 Å². The van der Waals surface area contributed by atoms with Crippen LogP contribution in [-0.2, 0) is 14.6 Å². The minimum absolute atomic E-state index is 0.184. The molecule has 0 spiro atoms. The number of aryl methyl sites for hydroxylation is 1. The van der Waals surface area contributed by atoms with Gasteiger partial charge in [-0.15, -0.1) is 0 Å². The highest BCUT2D eigenvalue weighted by Gasteiger charge is 2.32. The summed E-state index contributed by atoms with van der Waals surface area (Å²) in [7, 11) is -3.31. The number of phenolic OH excluding ortho intramolecular Hbond substituents is 1. The lowest BCUT2D eigenvalue weighted by Crippen LogP contribution is -2.39. The lowest BCUT2D eigenvalue weighted by molar-refractivity contribution is -0.117. The molecule has 1 aliphatic heterocycles. The van der Waals surface area contributed by atoms with E-state index < -0.39 is 15.9 Å². The van der Waals surface area contributed by atoms with Gasteiger partial charge in [-0.2, -0.15) is 0 Å². The van der Waals surface area contributed by atoms with Crippen molar-refractivity contribution in [3.05, 3.63) is 47.5 Å². The van der Waals surface area contributed by atoms with E-state index >= 15 is 0 Å². The first-order valence-electron chi connectivity index (χ1n) is 8.93. The molecule has 2 heterocycles. The molecule has 0 saturated carbocycles. The lowest BCUT2D eigenvalue weighted by atomic mass is 9.99. The molecule has 4 rings (SSSR count). The molecule has 29 heavy (non-hydrogen) atoms. The standard InChI is InChI=1S/C19H20N4O4S2/c1-10-3-6-16(24)12(7-10)14-9-15(23-22-14)18(25)21-19-20-13-5-4-11(29(2,26)27)8-17(13)28-19/h3-8,14-15,22-24H,9H2,1-2H3,(H,20,21,25). The van der Waals surface area contributed by atoms with E-state index in [1.807, 2.05) is 19.1 Å². The van der Waals surface area contributed by atoms with Crippen LogP contribution >= 0.6 is 11.3 Å². The van der Waals surface area contributed by atoms with E-state index in [4.69, 9.17) is 0 Å². The number of carbonyl (C=O) groups is 1. The Morgan fingerprint density at radius 2 is 2.03 bits per heavy atom. The normalized spacial score (nSPS) is 19.5. The summed E-state index contributed by atoms with van der Waals surface area (Å²) in [5.74, 6) is -0.0710. The Balaban J connectivity index is 1.48. The van der Waals surface area contributed by atoms with E-state index in [1.54, 1.807) is 18.2 Å². The highest BCUT2D eigenvalue weighted by atomic mass is 32.2. The van der Waals surface area contributed by atoms with Gasteiger partial charge in [-0.3, -0.25) is 4.79 Å². The summed E-state index contributed by atoms with van der Waals surface area (Å²) < 4.78 is 24.1. The molecule has 1 aliphatic rings. The second-order valence-corrected chi connectivity index (χ2v) is 10.1. The van der Waals surface area contributed by atoms with Gasteiger partial charge in [0.15, 0.2) is 15.0 Å². The number of amides is 1. The van der Waals surface area contributed by atoms with Crippen molar-refractivity contribution in [2.45, 2.75) is 30.3 Å². The molecule has 1 amide bonds. The molecule has 0 aliphatic carbocycles. The van der Waals surface area contributed by atoms with Gasteiger partial charge in [0, 0.05) is 11.8 Å². The number of phenols is 1. The van der Waals surface area contributed by atoms with Crippen molar-refractivity contribution in [1.82, 2.24) is 15.8 Å². The third-order valence-corrected chi connectivity index (χ3v) is 6.84. The van der Waals surface area contributed by atoms with Crippen LogP contribution in [0, 0.1) is 6.92 Å². The quantitative estimate of drug-likeness (QED) is 0.499. The molecule has 1 fully saturated rings. The predicted octanol–water partition coefficient (Wildman–Crippen LogP) is 2.26. The minimum atomic E-state index is -3.31. The van der Waals surface area contributed by atoms with E-state index in [1.165, 1.54) is 17.4 Å². The maximum Gasteiger partial charge on any atom is 0.244 e. The van der Waals surface area contributed by atoms with Crippen molar-refractivity contribution in [2.75, 3.05) is 11.6 Å². The van der Waals surface area contributed by atoms with Crippen LogP contribution in [0.3, 0.4) is 0 Å². The number of aromatic hydroxyl groups is 1. The number of anilines is 1. The number of sulfone groups is 1. The first-order valence-corrected chi connectivity index (χ1v) is 11.6. The Bertz CT molecular complexity index is 1210. The zero-order valence-corrected chi connectivity index (χ0v) is 17.4. The molecule has 2 unspecified atom stereocenters. The number of hydrazine groups is 1. The largest absolute Gasteiger partial charge is 0.508 e. The van der Waals surface area contributed by atoms with Crippen LogP contribution in [0.2, 0.25) is 0 Å². The first-order chi connectivity index (χ1) is 13.7. The van der Waals surface area contributed by atoms with Crippen LogP contribution < -0.4 is 16.2 Å². The average Bonchev–Trinajstić information content (AvgIpc) is 3.28. The third kappa shape index (κ3) is 4.10. The fourth-order valence-corrected chi connectivity index (χ4v) is 4.90. The van der Waals surface area contributed by atoms with Crippen molar-refractivity contribution >= 4 is 42.4 Å². The van der Waals surface area contributed by atoms with E-state index in [2.05, 4.69) is 21.2 Å². The lowest BCUT2D eigenvalue weighted by Gasteiger charge is -2.12. The van der Waals surface area contributed by atoms with Gasteiger partial charge >= 0.3 is 0 Å². The highest BCUT2D eigenvalue weighted by molar-refractivity contribution is 7.90. The zero-order chi connectivity index (χ0) is 20.8. The van der Waals surface area contributed by atoms with Gasteiger partial charge in [-0.25, -0.2) is 24.3 Å². The molecule has 1 aromatic heterocycles. The van der Waals surface area contributed by atoms with Crippen molar-refractivity contribution in [1.29, 1.82) is 0 Å². The van der Waals surface area contributed by atoms with Crippen LogP contribution in [0.25, 0.3) is 10.2 Å². The summed E-state index contributed by atoms with van der Waals surface area (Å²) in [6.07, 6.45) is 1.62. The highest BCUT2D eigenvalue weighted by Crippen LogP contribution is 2.32. The number of fused-ring (bicyclic) bond motifs is 1. The molecular weight excluding hydrogens is 412 g/mol. The Morgan fingerprint density at radius 1 is 1.24 bits per heavy atom. The Morgan fingerprint density at radius 3 is 2.79 bits per heavy atom. The maximum atomic E-state index is 12.6. The molecule has 2 aromatic carbocycles. The topological polar surface area (TPSA) is 120 Å². The van der Waals surface area contributed by atoms with Crippen molar-refractivity contribution in [3.63, 3.8) is 0 Å². The summed E-state index contributed by atoms with van der Waals surface area (Å²) in [5.41, 5.74) is 8.40. The van der Waals surface area contributed by atoms with Gasteiger partial charge in [-0.05, 0) is 37.6 Å². The molecule has 4 N–H and O–H groups in total. The van der Waals surface area contributed by atoms with Gasteiger partial charge < -0.3 is 10.4 Å². The van der Waals surface area contributed by atoms with Crippen LogP contribution in [0.15, 0.2) is 41.3 Å². The number of hydrogen-bond acceptors (Lipinski definition) is 8. The maximum absolute atomic E-state index is 12.6. The first kappa shape index (κ1) is 19.8. The summed E-state index contributed by atoms with van der Waals surface area (Å²) in [6, 6.07) is 9.36. The van der Waals surface area contributed by atoms with Gasteiger partial charge in [0.25, 0.3) is 0 Å². The van der Waals surface area contributed by atoms with Crippen molar-refractivity contribution in [3.8, 4) is 5.75 Å². The number of nitrogens with one attached hydrogen (secondary N) is 3. The molecule has 152 valence electrons. The predicted molar refractivity (Wildman–Crippen MR) is 112 cm³/mol. The van der Waals surface area contributed by atoms with Crippen molar-refractivity contribution in [2.24, 2.45) is 0 Å². The number of nitrogens with zero attached hydrogens (tertiary/aromatic N) is 1. The second-order valence-electron chi connectivity index (χ2n) is 7.10. The average molecular weight is 433 g/mol. The molecule has 1 saturated heterocycles. The molecule has 2 atom stereocenters. The van der Waals surface area contributed by atoms with Crippen LogP contribution in [0.1, 0.15) is 23.6 Å². The fourth-order valence-electron chi connectivity index (χ4n) is 3.27. The molecule has 0 radical (unpaired) electrons. The molecule has 3 aromatic rings. The van der Waals surface area contributed by atoms with E-state index in [-0.39, 0.29) is 22.6 Å². The Kier molecular flexibility index (Phi) is 5.03. The number of carbonyl (C=O) groups excluding carboxylic acids is 1. The number of aromatic nitrogens is 1. The molecule has 8 nitrogen and oxygen atoms in total. The van der Waals surface area contributed by atoms with Gasteiger partial charge in [0.2, 0.25) is 5.91 Å². The smallest absolute Gasteiger partial charge is 0.244 e. The Hall–Kier alpha value is -2.53. The number of benzene rings is 2. The summed E-state index contributed by atoms with van der Waals surface area (Å²) in [5, 5.41) is 13.3. The molecular formula is C19H20N4O4S2. The SMILES string of the molecule is Cc1ccc(O)c(C2CC(C(=O)Nc3nc4ccc(S(C)(=O)=O)cc4s3)NN2)c1. The van der Waals surface area contributed by atoms with E-state index in [0.29, 0.717) is 21.8 Å². The van der Waals surface area contributed by atoms with Gasteiger partial charge in [0.1, 0.15) is 11.8 Å². The Labute approximate surface area is 171 Å². The van der Waals surface area contributed by atoms with E-state index in [9.17, 15) is 18.3 Å². The number of hydrogen-bond donors (Lipinski definition) is 4. The fraction of sp³-hybridized carbons (Fsp3) is 0.263. The summed E-state index contributed by atoms with van der Waals surface area (Å²) in [6.45, 7) is 1.94. The molecule has 10 heteroatoms. The zero-order valence-electron chi connectivity index (χ0n) is 15.8. The van der Waals surface area contributed by atoms with Crippen molar-refractivity contribution < 1.29 is 18.3 Å².